The highest BCUT2D eigenvalue weighted by Gasteiger charge is 2.19. The van der Waals surface area contributed by atoms with Crippen molar-refractivity contribution in [3.05, 3.63) is 41.3 Å². The van der Waals surface area contributed by atoms with Crippen molar-refractivity contribution in [1.82, 2.24) is 14.8 Å². The third kappa shape index (κ3) is 2.44. The molecule has 2 aromatic heterocycles. The summed E-state index contributed by atoms with van der Waals surface area (Å²) >= 11 is 0. The highest BCUT2D eigenvalue weighted by Crippen LogP contribution is 2.32. The van der Waals surface area contributed by atoms with Gasteiger partial charge in [0.05, 0.1) is 11.4 Å². The number of anilines is 1. The molecular weight excluding hydrogens is 303 g/mol. The average Bonchev–Trinajstić information content (AvgIpc) is 3.18. The fourth-order valence-electron chi connectivity index (χ4n) is 3.55. The highest BCUT2D eigenvalue weighted by atomic mass is 19.1. The molecule has 0 unspecified atom stereocenters. The molecule has 0 saturated carbocycles. The molecule has 1 aromatic carbocycles. The van der Waals surface area contributed by atoms with Gasteiger partial charge < -0.3 is 4.90 Å². The topological polar surface area (TPSA) is 34.0 Å². The Morgan fingerprint density at radius 1 is 1.04 bits per heavy atom. The predicted molar refractivity (Wildman–Crippen MR) is 94.8 cm³/mol. The molecule has 0 bridgehead atoms. The fraction of sp³-hybridized carbons (Fsp3) is 0.368. The minimum absolute atomic E-state index is 0.168. The Kier molecular flexibility index (Phi) is 3.52. The summed E-state index contributed by atoms with van der Waals surface area (Å²) in [5.41, 5.74) is 5.18. The maximum Gasteiger partial charge on any atom is 0.181 e. The third-order valence-electron chi connectivity index (χ3n) is 4.83. The van der Waals surface area contributed by atoms with Crippen LogP contribution in [0.2, 0.25) is 0 Å². The molecule has 3 aromatic rings. The number of pyridine rings is 1. The Balaban J connectivity index is 1.83. The first-order chi connectivity index (χ1) is 11.5. The maximum atomic E-state index is 14.7. The van der Waals surface area contributed by atoms with Gasteiger partial charge in [-0.25, -0.2) is 9.37 Å². The van der Waals surface area contributed by atoms with E-state index in [9.17, 15) is 4.39 Å². The van der Waals surface area contributed by atoms with Crippen LogP contribution in [0.3, 0.4) is 0 Å². The summed E-state index contributed by atoms with van der Waals surface area (Å²) in [6, 6.07) is 5.59. The first kappa shape index (κ1) is 15.1. The molecule has 0 aliphatic carbocycles. The Morgan fingerprint density at radius 3 is 2.54 bits per heavy atom. The van der Waals surface area contributed by atoms with Crippen LogP contribution in [-0.4, -0.2) is 27.9 Å². The van der Waals surface area contributed by atoms with Gasteiger partial charge in [-0.15, -0.1) is 0 Å². The second-order valence-electron chi connectivity index (χ2n) is 6.68. The number of hydrogen-bond acceptors (Lipinski definition) is 3. The third-order valence-corrected chi connectivity index (χ3v) is 4.83. The Morgan fingerprint density at radius 2 is 1.79 bits per heavy atom. The number of benzene rings is 1. The van der Waals surface area contributed by atoms with Gasteiger partial charge in [-0.3, -0.25) is 4.68 Å². The summed E-state index contributed by atoms with van der Waals surface area (Å²) in [4.78, 5) is 6.78. The standard InChI is InChI=1S/C19H21FN4/c1-12-8-17(21-19-15(12)11-23(3)22-19)14-10-16(20)18(9-13(14)2)24-6-4-5-7-24/h8-11H,4-7H2,1-3H3. The van der Waals surface area contributed by atoms with Crippen molar-refractivity contribution < 1.29 is 4.39 Å². The molecule has 0 atom stereocenters. The van der Waals surface area contributed by atoms with Crippen LogP contribution in [0.1, 0.15) is 24.0 Å². The summed E-state index contributed by atoms with van der Waals surface area (Å²) in [6.45, 7) is 5.94. The monoisotopic (exact) mass is 324 g/mol. The SMILES string of the molecule is Cc1cc(N2CCCC2)c(F)cc1-c1cc(C)c2cn(C)nc2n1. The smallest absolute Gasteiger partial charge is 0.181 e. The molecule has 4 rings (SSSR count). The van der Waals surface area contributed by atoms with Crippen molar-refractivity contribution in [1.29, 1.82) is 0 Å². The molecule has 1 fully saturated rings. The number of halogens is 1. The zero-order chi connectivity index (χ0) is 16.8. The fourth-order valence-corrected chi connectivity index (χ4v) is 3.55. The van der Waals surface area contributed by atoms with Crippen LogP contribution in [-0.2, 0) is 7.05 Å². The molecule has 1 aliphatic heterocycles. The van der Waals surface area contributed by atoms with Gasteiger partial charge >= 0.3 is 0 Å². The van der Waals surface area contributed by atoms with Gasteiger partial charge in [0.15, 0.2) is 5.65 Å². The van der Waals surface area contributed by atoms with E-state index in [2.05, 4.69) is 15.0 Å². The lowest BCUT2D eigenvalue weighted by molar-refractivity contribution is 0.623. The minimum atomic E-state index is -0.168. The van der Waals surface area contributed by atoms with Crippen molar-refractivity contribution in [2.75, 3.05) is 18.0 Å². The van der Waals surface area contributed by atoms with Gasteiger partial charge in [0.1, 0.15) is 5.82 Å². The first-order valence-corrected chi connectivity index (χ1v) is 8.39. The van der Waals surface area contributed by atoms with Gasteiger partial charge in [-0.1, -0.05) is 0 Å². The normalized spacial score (nSPS) is 14.8. The molecule has 5 heteroatoms. The number of aryl methyl sites for hydroxylation is 3. The summed E-state index contributed by atoms with van der Waals surface area (Å²) < 4.78 is 16.5. The number of hydrogen-bond donors (Lipinski definition) is 0. The zero-order valence-corrected chi connectivity index (χ0v) is 14.3. The largest absolute Gasteiger partial charge is 0.369 e. The molecule has 124 valence electrons. The van der Waals surface area contributed by atoms with E-state index in [0.29, 0.717) is 11.3 Å². The predicted octanol–water partition coefficient (Wildman–Crippen LogP) is 3.99. The van der Waals surface area contributed by atoms with Crippen molar-refractivity contribution >= 4 is 16.7 Å². The van der Waals surface area contributed by atoms with Crippen molar-refractivity contribution in [2.24, 2.45) is 7.05 Å². The second-order valence-corrected chi connectivity index (χ2v) is 6.68. The van der Waals surface area contributed by atoms with Gasteiger partial charge in [0.2, 0.25) is 0 Å². The molecule has 1 aliphatic rings. The van der Waals surface area contributed by atoms with Crippen LogP contribution < -0.4 is 4.90 Å². The Labute approximate surface area is 140 Å². The molecule has 24 heavy (non-hydrogen) atoms. The van der Waals surface area contributed by atoms with Crippen LogP contribution in [0.25, 0.3) is 22.3 Å². The first-order valence-electron chi connectivity index (χ1n) is 8.39. The molecule has 1 saturated heterocycles. The minimum Gasteiger partial charge on any atom is -0.369 e. The summed E-state index contributed by atoms with van der Waals surface area (Å²) in [7, 11) is 1.89. The lowest BCUT2D eigenvalue weighted by Gasteiger charge is -2.20. The van der Waals surface area contributed by atoms with Gasteiger partial charge in [-0.05, 0) is 56.0 Å². The molecular formula is C19H21FN4. The number of fused-ring (bicyclic) bond motifs is 1. The van der Waals surface area contributed by atoms with Gasteiger partial charge in [0, 0.05) is 37.3 Å². The Hall–Kier alpha value is -2.43. The van der Waals surface area contributed by atoms with Crippen molar-refractivity contribution in [3.8, 4) is 11.3 Å². The summed E-state index contributed by atoms with van der Waals surface area (Å²) in [6.07, 6.45) is 4.24. The zero-order valence-electron chi connectivity index (χ0n) is 14.3. The van der Waals surface area contributed by atoms with Crippen LogP contribution >= 0.6 is 0 Å². The van der Waals surface area contributed by atoms with E-state index in [-0.39, 0.29) is 5.82 Å². The van der Waals surface area contributed by atoms with Gasteiger partial charge in [-0.2, -0.15) is 5.10 Å². The second kappa shape index (κ2) is 5.58. The Bertz CT molecular complexity index is 923. The lowest BCUT2D eigenvalue weighted by Crippen LogP contribution is -2.19. The van der Waals surface area contributed by atoms with Gasteiger partial charge in [0.25, 0.3) is 0 Å². The number of rotatable bonds is 2. The molecule has 0 spiro atoms. The lowest BCUT2D eigenvalue weighted by atomic mass is 10.0. The van der Waals surface area contributed by atoms with E-state index in [4.69, 9.17) is 0 Å². The number of aromatic nitrogens is 3. The van der Waals surface area contributed by atoms with E-state index >= 15 is 0 Å². The van der Waals surface area contributed by atoms with E-state index in [1.165, 1.54) is 0 Å². The van der Waals surface area contributed by atoms with Crippen LogP contribution in [0.5, 0.6) is 0 Å². The van der Waals surface area contributed by atoms with Crippen LogP contribution in [0, 0.1) is 19.7 Å². The summed E-state index contributed by atoms with van der Waals surface area (Å²) in [5.74, 6) is -0.168. The van der Waals surface area contributed by atoms with E-state index in [1.54, 1.807) is 10.7 Å². The molecule has 4 nitrogen and oxygen atoms in total. The maximum absolute atomic E-state index is 14.7. The van der Waals surface area contributed by atoms with Crippen molar-refractivity contribution in [3.63, 3.8) is 0 Å². The van der Waals surface area contributed by atoms with E-state index in [1.807, 2.05) is 39.2 Å². The molecule has 3 heterocycles. The van der Waals surface area contributed by atoms with Crippen molar-refractivity contribution in [2.45, 2.75) is 26.7 Å². The average molecular weight is 324 g/mol. The quantitative estimate of drug-likeness (QED) is 0.715. The number of nitrogens with zero attached hydrogens (tertiary/aromatic N) is 4. The van der Waals surface area contributed by atoms with E-state index < -0.39 is 0 Å². The molecule has 0 amide bonds. The summed E-state index contributed by atoms with van der Waals surface area (Å²) in [5, 5.41) is 5.43. The van der Waals surface area contributed by atoms with E-state index in [0.717, 1.165) is 53.7 Å². The van der Waals surface area contributed by atoms with Crippen LogP contribution in [0.4, 0.5) is 10.1 Å². The van der Waals surface area contributed by atoms with Crippen LogP contribution in [0.15, 0.2) is 24.4 Å². The molecule has 0 radical (unpaired) electrons. The molecule has 0 N–H and O–H groups in total. The highest BCUT2D eigenvalue weighted by molar-refractivity contribution is 5.82.